The van der Waals surface area contributed by atoms with E-state index in [4.69, 9.17) is 0 Å². The molecule has 28 heavy (non-hydrogen) atoms. The Morgan fingerprint density at radius 2 is 1.93 bits per heavy atom. The summed E-state index contributed by atoms with van der Waals surface area (Å²) in [5.41, 5.74) is 2.20. The third kappa shape index (κ3) is 4.92. The summed E-state index contributed by atoms with van der Waals surface area (Å²) in [5.74, 6) is 0.248. The van der Waals surface area contributed by atoms with Gasteiger partial charge in [-0.3, -0.25) is 4.79 Å². The van der Waals surface area contributed by atoms with Crippen molar-refractivity contribution in [3.8, 4) is 0 Å². The van der Waals surface area contributed by atoms with Crippen molar-refractivity contribution in [2.24, 2.45) is 4.99 Å². The van der Waals surface area contributed by atoms with Crippen molar-refractivity contribution in [2.75, 3.05) is 17.8 Å². The zero-order chi connectivity index (χ0) is 20.1. The fraction of sp³-hybridized carbons (Fsp3) is 0.300. The highest BCUT2D eigenvalue weighted by Gasteiger charge is 2.16. The van der Waals surface area contributed by atoms with Gasteiger partial charge in [0.15, 0.2) is 14.6 Å². The number of nitrogens with zero attached hydrogens (tertiary/aromatic N) is 2. The predicted molar refractivity (Wildman–Crippen MR) is 117 cm³/mol. The summed E-state index contributed by atoms with van der Waals surface area (Å²) >= 11 is 3.19. The monoisotopic (exact) mass is 434 g/mol. The number of fused-ring (bicyclic) bond motifs is 1. The fourth-order valence-corrected chi connectivity index (χ4v) is 5.58. The normalized spacial score (nSPS) is 12.6. The SMILES string of the molecule is CSCCn1c(=NC(=O)CCS(=O)(=O)c2ccccc2)sc2cc(C)ccc21. The number of rotatable bonds is 7. The number of hydrogen-bond donors (Lipinski definition) is 0. The minimum absolute atomic E-state index is 0.132. The van der Waals surface area contributed by atoms with Crippen LogP contribution < -0.4 is 4.80 Å². The maximum absolute atomic E-state index is 12.4. The Kier molecular flexibility index (Phi) is 6.74. The van der Waals surface area contributed by atoms with Crippen molar-refractivity contribution in [2.45, 2.75) is 24.8 Å². The number of thiazole rings is 1. The maximum atomic E-state index is 12.4. The molecule has 0 radical (unpaired) electrons. The first-order valence-electron chi connectivity index (χ1n) is 8.85. The third-order valence-corrected chi connectivity index (χ3v) is 7.63. The second-order valence-electron chi connectivity index (χ2n) is 6.39. The van der Waals surface area contributed by atoms with Crippen LogP contribution in [0.25, 0.3) is 10.2 Å². The first-order chi connectivity index (χ1) is 13.4. The molecule has 5 nitrogen and oxygen atoms in total. The number of benzene rings is 2. The van der Waals surface area contributed by atoms with Crippen LogP contribution in [0.2, 0.25) is 0 Å². The number of amides is 1. The summed E-state index contributed by atoms with van der Waals surface area (Å²) in [4.78, 5) is 17.5. The van der Waals surface area contributed by atoms with Crippen LogP contribution in [-0.4, -0.2) is 36.7 Å². The summed E-state index contributed by atoms with van der Waals surface area (Å²) in [7, 11) is -3.49. The zero-order valence-corrected chi connectivity index (χ0v) is 18.2. The molecule has 0 N–H and O–H groups in total. The molecule has 3 rings (SSSR count). The van der Waals surface area contributed by atoms with Gasteiger partial charge < -0.3 is 4.57 Å². The van der Waals surface area contributed by atoms with Crippen molar-refractivity contribution in [1.29, 1.82) is 0 Å². The van der Waals surface area contributed by atoms with Crippen LogP contribution in [0.5, 0.6) is 0 Å². The molecule has 1 amide bonds. The van der Waals surface area contributed by atoms with E-state index in [9.17, 15) is 13.2 Å². The van der Waals surface area contributed by atoms with Crippen LogP contribution in [0.3, 0.4) is 0 Å². The van der Waals surface area contributed by atoms with E-state index in [0.717, 1.165) is 28.1 Å². The van der Waals surface area contributed by atoms with E-state index in [1.165, 1.54) is 11.3 Å². The van der Waals surface area contributed by atoms with E-state index < -0.39 is 15.7 Å². The minimum Gasteiger partial charge on any atom is -0.316 e. The Labute approximate surface area is 173 Å². The van der Waals surface area contributed by atoms with Crippen LogP contribution in [0.15, 0.2) is 58.4 Å². The standard InChI is InChI=1S/C20H22N2O3S3/c1-15-8-9-17-18(14-15)27-20(22(17)11-12-26-2)21-19(23)10-13-28(24,25)16-6-4-3-5-7-16/h3-9,14H,10-13H2,1-2H3. The van der Waals surface area contributed by atoms with Gasteiger partial charge in [0.2, 0.25) is 5.91 Å². The van der Waals surface area contributed by atoms with Crippen LogP contribution in [0.1, 0.15) is 12.0 Å². The van der Waals surface area contributed by atoms with Gasteiger partial charge in [-0.15, -0.1) is 0 Å². The molecule has 1 heterocycles. The summed E-state index contributed by atoms with van der Waals surface area (Å²) in [6.07, 6.45) is 1.91. The number of sulfone groups is 1. The molecule has 0 atom stereocenters. The number of hydrogen-bond acceptors (Lipinski definition) is 5. The lowest BCUT2D eigenvalue weighted by molar-refractivity contribution is -0.117. The number of aromatic nitrogens is 1. The van der Waals surface area contributed by atoms with Gasteiger partial charge in [-0.25, -0.2) is 8.42 Å². The number of carbonyl (C=O) groups is 1. The van der Waals surface area contributed by atoms with Crippen LogP contribution in [0.4, 0.5) is 0 Å². The van der Waals surface area contributed by atoms with Gasteiger partial charge in [0, 0.05) is 18.7 Å². The molecule has 0 spiro atoms. The van der Waals surface area contributed by atoms with E-state index in [-0.39, 0.29) is 17.1 Å². The van der Waals surface area contributed by atoms with Crippen molar-refractivity contribution in [3.63, 3.8) is 0 Å². The van der Waals surface area contributed by atoms with E-state index in [1.54, 1.807) is 42.1 Å². The van der Waals surface area contributed by atoms with Crippen molar-refractivity contribution < 1.29 is 13.2 Å². The largest absolute Gasteiger partial charge is 0.316 e. The second kappa shape index (κ2) is 9.07. The molecular weight excluding hydrogens is 412 g/mol. The van der Waals surface area contributed by atoms with E-state index in [1.807, 2.05) is 29.9 Å². The van der Waals surface area contributed by atoms with E-state index >= 15 is 0 Å². The van der Waals surface area contributed by atoms with Crippen molar-refractivity contribution >= 4 is 49.1 Å². The molecule has 0 fully saturated rings. The lowest BCUT2D eigenvalue weighted by atomic mass is 10.2. The van der Waals surface area contributed by atoms with Crippen LogP contribution in [-0.2, 0) is 21.2 Å². The molecule has 0 saturated carbocycles. The summed E-state index contributed by atoms with van der Waals surface area (Å²) in [6, 6.07) is 14.4. The quantitative estimate of drug-likeness (QED) is 0.569. The highest BCUT2D eigenvalue weighted by atomic mass is 32.2. The molecule has 2 aromatic carbocycles. The summed E-state index contributed by atoms with van der Waals surface area (Å²) in [5, 5.41) is 0. The molecule has 0 aliphatic rings. The van der Waals surface area contributed by atoms with Gasteiger partial charge in [-0.05, 0) is 43.0 Å². The highest BCUT2D eigenvalue weighted by molar-refractivity contribution is 7.98. The van der Waals surface area contributed by atoms with Crippen LogP contribution in [0, 0.1) is 6.92 Å². The molecular formula is C20H22N2O3S3. The van der Waals surface area contributed by atoms with Gasteiger partial charge >= 0.3 is 0 Å². The first kappa shape index (κ1) is 20.8. The Balaban J connectivity index is 1.86. The summed E-state index contributed by atoms with van der Waals surface area (Å²) in [6.45, 7) is 2.78. The van der Waals surface area contributed by atoms with Crippen molar-refractivity contribution in [1.82, 2.24) is 4.57 Å². The molecule has 0 aliphatic carbocycles. The van der Waals surface area contributed by atoms with Gasteiger partial charge in [0.1, 0.15) is 0 Å². The molecule has 8 heteroatoms. The van der Waals surface area contributed by atoms with Gasteiger partial charge in [0.05, 0.1) is 20.9 Å². The Morgan fingerprint density at radius 1 is 1.18 bits per heavy atom. The predicted octanol–water partition coefficient (Wildman–Crippen LogP) is 3.67. The zero-order valence-electron chi connectivity index (χ0n) is 15.8. The lowest BCUT2D eigenvalue weighted by Gasteiger charge is -2.04. The average molecular weight is 435 g/mol. The van der Waals surface area contributed by atoms with Gasteiger partial charge in [0.25, 0.3) is 0 Å². The van der Waals surface area contributed by atoms with E-state index in [2.05, 4.69) is 11.1 Å². The molecule has 0 bridgehead atoms. The first-order valence-corrected chi connectivity index (χ1v) is 12.7. The molecule has 0 unspecified atom stereocenters. The number of aryl methyl sites for hydroxylation is 2. The fourth-order valence-electron chi connectivity index (χ4n) is 2.79. The van der Waals surface area contributed by atoms with E-state index in [0.29, 0.717) is 4.80 Å². The maximum Gasteiger partial charge on any atom is 0.249 e. The topological polar surface area (TPSA) is 68.5 Å². The minimum atomic E-state index is -3.49. The molecule has 3 aromatic rings. The second-order valence-corrected chi connectivity index (χ2v) is 10.5. The molecule has 0 saturated heterocycles. The smallest absolute Gasteiger partial charge is 0.249 e. The Bertz CT molecular complexity index is 1150. The third-order valence-electron chi connectivity index (χ3n) is 4.26. The Morgan fingerprint density at radius 3 is 2.64 bits per heavy atom. The van der Waals surface area contributed by atoms with Crippen LogP contribution >= 0.6 is 23.1 Å². The van der Waals surface area contributed by atoms with Gasteiger partial charge in [-0.1, -0.05) is 35.6 Å². The lowest BCUT2D eigenvalue weighted by Crippen LogP contribution is -2.19. The number of thioether (sulfide) groups is 1. The highest BCUT2D eigenvalue weighted by Crippen LogP contribution is 2.19. The summed E-state index contributed by atoms with van der Waals surface area (Å²) < 4.78 is 27.9. The molecule has 0 aliphatic heterocycles. The molecule has 148 valence electrons. The Hall–Kier alpha value is -1.90. The molecule has 1 aromatic heterocycles. The number of carbonyl (C=O) groups excluding carboxylic acids is 1. The van der Waals surface area contributed by atoms with Gasteiger partial charge in [-0.2, -0.15) is 16.8 Å². The van der Waals surface area contributed by atoms with Crippen molar-refractivity contribution in [3.05, 3.63) is 58.9 Å². The average Bonchev–Trinajstić information content (AvgIpc) is 3.01.